The maximum absolute atomic E-state index is 14.8. The first-order valence-corrected chi connectivity index (χ1v) is 15.3. The average molecular weight is 596 g/mol. The summed E-state index contributed by atoms with van der Waals surface area (Å²) in [6, 6.07) is 21.5. The van der Waals surface area contributed by atoms with E-state index < -0.39 is 41.3 Å². The molecule has 1 aliphatic carbocycles. The molecule has 2 saturated heterocycles. The van der Waals surface area contributed by atoms with E-state index in [0.29, 0.717) is 22.7 Å². The number of likely N-dealkylation sites (tertiary alicyclic amines) is 1. The van der Waals surface area contributed by atoms with Crippen LogP contribution in [0.25, 0.3) is 0 Å². The SMILES string of the molecule is O=C(Nc1ccc(Oc2ccccc2)cc1)C1C2C=CC3(O2)C1C(=O)N(Cc1ccccc1F)C3C(=O)NC1CCCCC1. The Kier molecular flexibility index (Phi) is 7.42. The summed E-state index contributed by atoms with van der Waals surface area (Å²) in [6.07, 6.45) is 7.82. The lowest BCUT2D eigenvalue weighted by Crippen LogP contribution is -2.56. The maximum Gasteiger partial charge on any atom is 0.246 e. The van der Waals surface area contributed by atoms with Gasteiger partial charge < -0.3 is 25.0 Å². The molecule has 9 heteroatoms. The van der Waals surface area contributed by atoms with Gasteiger partial charge >= 0.3 is 0 Å². The maximum atomic E-state index is 14.8. The predicted octanol–water partition coefficient (Wildman–Crippen LogP) is 5.36. The number of hydrogen-bond donors (Lipinski definition) is 2. The third kappa shape index (κ3) is 5.05. The van der Waals surface area contributed by atoms with Crippen LogP contribution in [-0.2, 0) is 25.7 Å². The van der Waals surface area contributed by atoms with Crippen LogP contribution in [0.4, 0.5) is 10.1 Å². The highest BCUT2D eigenvalue weighted by molar-refractivity contribution is 6.02. The van der Waals surface area contributed by atoms with Crippen LogP contribution in [-0.4, -0.2) is 46.4 Å². The number of fused-ring (bicyclic) bond motifs is 1. The van der Waals surface area contributed by atoms with Gasteiger partial charge in [0.1, 0.15) is 29.0 Å². The van der Waals surface area contributed by atoms with Crippen molar-refractivity contribution in [3.63, 3.8) is 0 Å². The summed E-state index contributed by atoms with van der Waals surface area (Å²) in [5.41, 5.74) is -0.484. The van der Waals surface area contributed by atoms with Gasteiger partial charge in [-0.1, -0.05) is 67.8 Å². The van der Waals surface area contributed by atoms with Crippen molar-refractivity contribution in [3.05, 3.63) is 102 Å². The first kappa shape index (κ1) is 28.3. The molecule has 2 N–H and O–H groups in total. The van der Waals surface area contributed by atoms with E-state index >= 15 is 0 Å². The number of amides is 3. The van der Waals surface area contributed by atoms with Gasteiger partial charge in [-0.2, -0.15) is 0 Å². The summed E-state index contributed by atoms with van der Waals surface area (Å²) in [7, 11) is 0. The number of carbonyl (C=O) groups is 3. The second-order valence-electron chi connectivity index (χ2n) is 12.0. The lowest BCUT2D eigenvalue weighted by molar-refractivity contribution is -0.142. The summed E-state index contributed by atoms with van der Waals surface area (Å²) >= 11 is 0. The van der Waals surface area contributed by atoms with Gasteiger partial charge in [0.2, 0.25) is 17.7 Å². The minimum Gasteiger partial charge on any atom is -0.457 e. The number of anilines is 1. The van der Waals surface area contributed by atoms with E-state index in [1.807, 2.05) is 30.3 Å². The molecule has 3 heterocycles. The third-order valence-electron chi connectivity index (χ3n) is 9.28. The molecular formula is C35H34FN3O5. The van der Waals surface area contributed by atoms with Gasteiger partial charge in [0.05, 0.1) is 17.9 Å². The van der Waals surface area contributed by atoms with Crippen molar-refractivity contribution in [1.29, 1.82) is 0 Å². The van der Waals surface area contributed by atoms with Crippen LogP contribution < -0.4 is 15.4 Å². The fourth-order valence-electron chi connectivity index (χ4n) is 7.23. The molecule has 44 heavy (non-hydrogen) atoms. The fraction of sp³-hybridized carbons (Fsp3) is 0.343. The predicted molar refractivity (Wildman–Crippen MR) is 161 cm³/mol. The van der Waals surface area contributed by atoms with Crippen LogP contribution in [0.15, 0.2) is 91.0 Å². The highest BCUT2D eigenvalue weighted by Crippen LogP contribution is 2.55. The number of hydrogen-bond acceptors (Lipinski definition) is 5. The minimum absolute atomic E-state index is 0.00707. The average Bonchev–Trinajstić information content (AvgIpc) is 3.68. The van der Waals surface area contributed by atoms with Gasteiger partial charge in [-0.3, -0.25) is 14.4 Å². The second-order valence-corrected chi connectivity index (χ2v) is 12.0. The molecule has 1 saturated carbocycles. The van der Waals surface area contributed by atoms with Gasteiger partial charge in [-0.05, 0) is 55.3 Å². The molecule has 3 aliphatic heterocycles. The lowest BCUT2D eigenvalue weighted by Gasteiger charge is -2.34. The second kappa shape index (κ2) is 11.5. The van der Waals surface area contributed by atoms with E-state index in [-0.39, 0.29) is 24.4 Å². The Morgan fingerprint density at radius 1 is 0.909 bits per heavy atom. The summed E-state index contributed by atoms with van der Waals surface area (Å²) < 4.78 is 27.1. The van der Waals surface area contributed by atoms with Crippen LogP contribution in [0, 0.1) is 17.7 Å². The van der Waals surface area contributed by atoms with E-state index in [1.54, 1.807) is 54.6 Å². The van der Waals surface area contributed by atoms with Gasteiger partial charge in [0.15, 0.2) is 0 Å². The molecule has 2 bridgehead atoms. The zero-order valence-electron chi connectivity index (χ0n) is 24.2. The topological polar surface area (TPSA) is 97.0 Å². The van der Waals surface area contributed by atoms with Gasteiger partial charge in [-0.15, -0.1) is 0 Å². The molecule has 7 rings (SSSR count). The molecule has 0 aromatic heterocycles. The van der Waals surface area contributed by atoms with E-state index in [9.17, 15) is 18.8 Å². The number of benzene rings is 3. The van der Waals surface area contributed by atoms with Crippen molar-refractivity contribution in [2.75, 3.05) is 5.32 Å². The van der Waals surface area contributed by atoms with Crippen molar-refractivity contribution in [1.82, 2.24) is 10.2 Å². The lowest BCUT2D eigenvalue weighted by atomic mass is 9.74. The molecule has 4 aliphatic rings. The Labute approximate surface area is 255 Å². The van der Waals surface area contributed by atoms with Crippen molar-refractivity contribution in [2.45, 2.75) is 62.4 Å². The molecule has 3 fully saturated rings. The Morgan fingerprint density at radius 2 is 1.61 bits per heavy atom. The van der Waals surface area contributed by atoms with Crippen molar-refractivity contribution >= 4 is 23.4 Å². The summed E-state index contributed by atoms with van der Waals surface area (Å²) in [5, 5.41) is 6.09. The third-order valence-corrected chi connectivity index (χ3v) is 9.28. The molecule has 3 aromatic carbocycles. The zero-order valence-corrected chi connectivity index (χ0v) is 24.2. The Balaban J connectivity index is 1.14. The number of halogens is 1. The molecule has 5 unspecified atom stereocenters. The molecule has 1 spiro atoms. The Bertz CT molecular complexity index is 1590. The van der Waals surface area contributed by atoms with Crippen LogP contribution in [0.3, 0.4) is 0 Å². The molecule has 3 amide bonds. The number of ether oxygens (including phenoxy) is 2. The summed E-state index contributed by atoms with van der Waals surface area (Å²) in [6.45, 7) is -0.106. The normalized spacial score (nSPS) is 27.3. The number of nitrogens with zero attached hydrogens (tertiary/aromatic N) is 1. The molecular weight excluding hydrogens is 561 g/mol. The quantitative estimate of drug-likeness (QED) is 0.342. The van der Waals surface area contributed by atoms with E-state index in [2.05, 4.69) is 10.6 Å². The van der Waals surface area contributed by atoms with E-state index in [1.165, 1.54) is 11.0 Å². The minimum atomic E-state index is -1.32. The number of rotatable bonds is 8. The molecule has 5 atom stereocenters. The highest BCUT2D eigenvalue weighted by atomic mass is 19.1. The molecule has 8 nitrogen and oxygen atoms in total. The molecule has 226 valence electrons. The monoisotopic (exact) mass is 595 g/mol. The van der Waals surface area contributed by atoms with E-state index in [0.717, 1.165) is 32.1 Å². The number of para-hydroxylation sites is 1. The number of nitrogens with one attached hydrogen (secondary N) is 2. The first-order valence-electron chi connectivity index (χ1n) is 15.3. The van der Waals surface area contributed by atoms with Crippen LogP contribution in [0.1, 0.15) is 37.7 Å². The number of carbonyl (C=O) groups excluding carboxylic acids is 3. The van der Waals surface area contributed by atoms with Crippen LogP contribution in [0.5, 0.6) is 11.5 Å². The van der Waals surface area contributed by atoms with Gasteiger partial charge in [0, 0.05) is 23.8 Å². The highest BCUT2D eigenvalue weighted by Gasteiger charge is 2.72. The Morgan fingerprint density at radius 3 is 2.36 bits per heavy atom. The van der Waals surface area contributed by atoms with Gasteiger partial charge in [0.25, 0.3) is 0 Å². The summed E-state index contributed by atoms with van der Waals surface area (Å²) in [4.78, 5) is 43.4. The standard InChI is InChI=1S/C35H34FN3O5/c36-27-14-8-7-9-22(27)21-39-31(33(41)38-23-10-3-1-4-11-23)35-20-19-28(44-35)29(30(35)34(39)42)32(40)37-24-15-17-26(18-16-24)43-25-12-5-2-6-13-25/h2,5-9,12-20,23,28-31H,1,3-4,10-11,21H2,(H,37,40)(H,38,41). The largest absolute Gasteiger partial charge is 0.457 e. The molecule has 3 aromatic rings. The summed E-state index contributed by atoms with van der Waals surface area (Å²) in [5.74, 6) is -2.04. The zero-order chi connectivity index (χ0) is 30.3. The first-order chi connectivity index (χ1) is 21.4. The van der Waals surface area contributed by atoms with Crippen molar-refractivity contribution in [2.24, 2.45) is 11.8 Å². The fourth-order valence-corrected chi connectivity index (χ4v) is 7.23. The smallest absolute Gasteiger partial charge is 0.246 e. The molecule has 0 radical (unpaired) electrons. The van der Waals surface area contributed by atoms with Crippen LogP contribution >= 0.6 is 0 Å². The van der Waals surface area contributed by atoms with E-state index in [4.69, 9.17) is 9.47 Å². The van der Waals surface area contributed by atoms with Crippen LogP contribution in [0.2, 0.25) is 0 Å². The Hall–Kier alpha value is -4.50. The van der Waals surface area contributed by atoms with Crippen molar-refractivity contribution < 1.29 is 28.2 Å². The van der Waals surface area contributed by atoms with Crippen molar-refractivity contribution in [3.8, 4) is 11.5 Å². The van der Waals surface area contributed by atoms with Gasteiger partial charge in [-0.25, -0.2) is 4.39 Å².